The summed E-state index contributed by atoms with van der Waals surface area (Å²) in [6.07, 6.45) is 29.1. The Labute approximate surface area is 246 Å². The number of benzene rings is 1. The van der Waals surface area contributed by atoms with Crippen molar-refractivity contribution in [2.24, 2.45) is 0 Å². The zero-order valence-electron chi connectivity index (χ0n) is 26.4. The summed E-state index contributed by atoms with van der Waals surface area (Å²) in [5.41, 5.74) is -0.0173. The smallest absolute Gasteiger partial charge is 0.267 e. The van der Waals surface area contributed by atoms with Crippen LogP contribution in [0.5, 0.6) is 5.75 Å². The second kappa shape index (κ2) is 26.7. The van der Waals surface area contributed by atoms with Crippen LogP contribution in [0.4, 0.5) is 13.2 Å². The van der Waals surface area contributed by atoms with Crippen LogP contribution in [-0.2, 0) is 6.42 Å². The molecule has 0 amide bonds. The summed E-state index contributed by atoms with van der Waals surface area (Å²) in [6, 6.07) is 3.20. The van der Waals surface area contributed by atoms with Crippen molar-refractivity contribution < 1.29 is 17.9 Å². The minimum atomic E-state index is -2.81. The Hall–Kier alpha value is -1.19. The lowest BCUT2D eigenvalue weighted by atomic mass is 9.99. The Balaban J connectivity index is 2.09. The molecule has 0 heterocycles. The second-order valence-corrected chi connectivity index (χ2v) is 12.0. The average molecular weight is 569 g/mol. The topological polar surface area (TPSA) is 9.23 Å². The van der Waals surface area contributed by atoms with Crippen molar-refractivity contribution in [3.63, 3.8) is 0 Å². The molecule has 0 atom stereocenters. The Kier molecular flexibility index (Phi) is 24.6. The highest BCUT2D eigenvalue weighted by Crippen LogP contribution is 2.33. The van der Waals surface area contributed by atoms with E-state index in [-0.39, 0.29) is 5.75 Å². The predicted molar refractivity (Wildman–Crippen MR) is 167 cm³/mol. The molecule has 0 spiro atoms. The summed E-state index contributed by atoms with van der Waals surface area (Å²) >= 11 is 0. The molecule has 234 valence electrons. The molecule has 0 fully saturated rings. The van der Waals surface area contributed by atoms with Gasteiger partial charge in [-0.15, -0.1) is 0 Å². The normalized spacial score (nSPS) is 11.6. The second-order valence-electron chi connectivity index (χ2n) is 12.0. The molecular formula is C36H63F3O. The van der Waals surface area contributed by atoms with Crippen molar-refractivity contribution >= 4 is 0 Å². The average Bonchev–Trinajstić information content (AvgIpc) is 2.94. The fraction of sp³-hybridized carbons (Fsp3) is 0.833. The van der Waals surface area contributed by atoms with Crippen molar-refractivity contribution in [1.82, 2.24) is 0 Å². The maximum atomic E-state index is 14.8. The molecule has 40 heavy (non-hydrogen) atoms. The summed E-state index contributed by atoms with van der Waals surface area (Å²) in [5, 5.41) is 0. The van der Waals surface area contributed by atoms with Gasteiger partial charge in [-0.3, -0.25) is 0 Å². The van der Waals surface area contributed by atoms with Crippen molar-refractivity contribution in [2.45, 2.75) is 187 Å². The third-order valence-corrected chi connectivity index (χ3v) is 8.26. The zero-order valence-corrected chi connectivity index (χ0v) is 26.4. The number of hydrogen-bond donors (Lipinski definition) is 0. The molecule has 0 radical (unpaired) electrons. The third kappa shape index (κ3) is 19.0. The summed E-state index contributed by atoms with van der Waals surface area (Å²) in [5.74, 6) is -0.888. The number of hydrogen-bond acceptors (Lipinski definition) is 1. The van der Waals surface area contributed by atoms with Gasteiger partial charge < -0.3 is 4.74 Å². The highest BCUT2D eigenvalue weighted by molar-refractivity contribution is 5.38. The van der Waals surface area contributed by atoms with E-state index in [2.05, 4.69) is 13.8 Å². The first kappa shape index (κ1) is 36.8. The van der Waals surface area contributed by atoms with Gasteiger partial charge in [-0.1, -0.05) is 168 Å². The summed E-state index contributed by atoms with van der Waals surface area (Å²) in [7, 11) is 0. The first-order valence-electron chi connectivity index (χ1n) is 17.3. The third-order valence-electron chi connectivity index (χ3n) is 8.26. The van der Waals surface area contributed by atoms with Gasteiger partial charge in [-0.05, 0) is 30.9 Å². The number of halogens is 3. The molecule has 0 unspecified atom stereocenters. The number of unbranched alkanes of at least 4 members (excludes halogenated alkanes) is 23. The van der Waals surface area contributed by atoms with Crippen molar-refractivity contribution in [1.29, 1.82) is 0 Å². The Morgan fingerprint density at radius 2 is 0.900 bits per heavy atom. The van der Waals surface area contributed by atoms with Crippen LogP contribution in [0, 0.1) is 5.82 Å². The Morgan fingerprint density at radius 3 is 1.30 bits per heavy atom. The van der Waals surface area contributed by atoms with Crippen LogP contribution in [0.3, 0.4) is 0 Å². The zero-order chi connectivity index (χ0) is 29.1. The lowest BCUT2D eigenvalue weighted by Gasteiger charge is -2.14. The first-order chi connectivity index (χ1) is 19.6. The van der Waals surface area contributed by atoms with E-state index in [1.165, 1.54) is 122 Å². The van der Waals surface area contributed by atoms with Crippen molar-refractivity contribution in [3.8, 4) is 5.75 Å². The standard InChI is InChI=1S/C36H63F3O/c1-3-5-7-9-11-12-13-14-15-16-17-18-19-20-21-22-24-26-28-32-29-30-33(35(37)34(32)36(38)39)40-31-27-25-23-10-8-6-4-2/h29-30,36H,3-28,31H2,1-2H3. The lowest BCUT2D eigenvalue weighted by molar-refractivity contribution is 0.143. The van der Waals surface area contributed by atoms with E-state index in [1.54, 1.807) is 12.1 Å². The molecule has 0 saturated heterocycles. The lowest BCUT2D eigenvalue weighted by Crippen LogP contribution is -2.05. The van der Waals surface area contributed by atoms with Crippen LogP contribution >= 0.6 is 0 Å². The van der Waals surface area contributed by atoms with Gasteiger partial charge in [0.05, 0.1) is 12.2 Å². The SMILES string of the molecule is CCCCCCCCCCCCCCCCCCCCc1ccc(OCCCCCCCCC)c(F)c1C(F)F. The molecule has 0 bridgehead atoms. The maximum absolute atomic E-state index is 14.8. The van der Waals surface area contributed by atoms with E-state index in [9.17, 15) is 13.2 Å². The summed E-state index contributed by atoms with van der Waals surface area (Å²) in [6.45, 7) is 4.85. The molecule has 4 heteroatoms. The highest BCUT2D eigenvalue weighted by atomic mass is 19.3. The van der Waals surface area contributed by atoms with Crippen molar-refractivity contribution in [3.05, 3.63) is 29.1 Å². The van der Waals surface area contributed by atoms with Crippen LogP contribution in [0.1, 0.15) is 192 Å². The van der Waals surface area contributed by atoms with Gasteiger partial charge in [0.1, 0.15) is 0 Å². The van der Waals surface area contributed by atoms with E-state index in [0.29, 0.717) is 18.6 Å². The van der Waals surface area contributed by atoms with E-state index in [4.69, 9.17) is 4.74 Å². The molecule has 1 aromatic carbocycles. The van der Waals surface area contributed by atoms with Crippen LogP contribution < -0.4 is 4.74 Å². The molecule has 0 N–H and O–H groups in total. The Morgan fingerprint density at radius 1 is 0.525 bits per heavy atom. The molecule has 0 aromatic heterocycles. The fourth-order valence-corrected chi connectivity index (χ4v) is 5.64. The van der Waals surface area contributed by atoms with E-state index < -0.39 is 17.8 Å². The molecule has 0 aliphatic heterocycles. The number of alkyl halides is 2. The molecule has 1 rings (SSSR count). The molecular weight excluding hydrogens is 505 g/mol. The highest BCUT2D eigenvalue weighted by Gasteiger charge is 2.22. The van der Waals surface area contributed by atoms with E-state index in [1.807, 2.05) is 0 Å². The fourth-order valence-electron chi connectivity index (χ4n) is 5.64. The molecule has 0 aliphatic carbocycles. The van der Waals surface area contributed by atoms with Gasteiger partial charge in [0.15, 0.2) is 11.6 Å². The molecule has 1 aromatic rings. The van der Waals surface area contributed by atoms with Gasteiger partial charge in [0.25, 0.3) is 6.43 Å². The number of aryl methyl sites for hydroxylation is 1. The monoisotopic (exact) mass is 568 g/mol. The Bertz CT molecular complexity index is 691. The minimum absolute atomic E-state index is 0.0252. The van der Waals surface area contributed by atoms with Crippen LogP contribution in [-0.4, -0.2) is 6.61 Å². The van der Waals surface area contributed by atoms with Gasteiger partial charge >= 0.3 is 0 Å². The van der Waals surface area contributed by atoms with Crippen LogP contribution in [0.15, 0.2) is 12.1 Å². The van der Waals surface area contributed by atoms with Gasteiger partial charge in [-0.25, -0.2) is 13.2 Å². The quantitative estimate of drug-likeness (QED) is 0.0873. The number of rotatable bonds is 29. The van der Waals surface area contributed by atoms with E-state index in [0.717, 1.165) is 38.5 Å². The van der Waals surface area contributed by atoms with Gasteiger partial charge in [0, 0.05) is 0 Å². The van der Waals surface area contributed by atoms with Crippen LogP contribution in [0.25, 0.3) is 0 Å². The minimum Gasteiger partial charge on any atom is -0.491 e. The number of ether oxygens (including phenoxy) is 1. The summed E-state index contributed by atoms with van der Waals surface area (Å²) < 4.78 is 47.8. The molecule has 0 saturated carbocycles. The predicted octanol–water partition coefficient (Wildman–Crippen LogP) is 13.5. The molecule has 0 aliphatic rings. The van der Waals surface area contributed by atoms with Gasteiger partial charge in [-0.2, -0.15) is 0 Å². The maximum Gasteiger partial charge on any atom is 0.267 e. The largest absolute Gasteiger partial charge is 0.491 e. The first-order valence-corrected chi connectivity index (χ1v) is 17.3. The van der Waals surface area contributed by atoms with Crippen LogP contribution in [0.2, 0.25) is 0 Å². The summed E-state index contributed by atoms with van der Waals surface area (Å²) in [4.78, 5) is 0. The van der Waals surface area contributed by atoms with Crippen molar-refractivity contribution in [2.75, 3.05) is 6.61 Å². The van der Waals surface area contributed by atoms with E-state index >= 15 is 0 Å². The van der Waals surface area contributed by atoms with Gasteiger partial charge in [0.2, 0.25) is 0 Å². The molecule has 1 nitrogen and oxygen atoms in total.